The predicted molar refractivity (Wildman–Crippen MR) is 148 cm³/mol. The van der Waals surface area contributed by atoms with Crippen LogP contribution in [0.5, 0.6) is 0 Å². The van der Waals surface area contributed by atoms with Gasteiger partial charge < -0.3 is 26.6 Å². The van der Waals surface area contributed by atoms with E-state index in [1.165, 1.54) is 11.3 Å². The number of urea groups is 1. The van der Waals surface area contributed by atoms with Gasteiger partial charge in [-0.05, 0) is 43.4 Å². The molecule has 0 radical (unpaired) electrons. The summed E-state index contributed by atoms with van der Waals surface area (Å²) in [5.41, 5.74) is 2.87. The summed E-state index contributed by atoms with van der Waals surface area (Å²) in [7, 11) is 0. The molecule has 10 nitrogen and oxygen atoms in total. The second-order valence-electron chi connectivity index (χ2n) is 11.9. The van der Waals surface area contributed by atoms with E-state index in [0.29, 0.717) is 6.42 Å². The first-order valence-electron chi connectivity index (χ1n) is 14.6. The normalized spacial score (nSPS) is 21.7. The van der Waals surface area contributed by atoms with E-state index in [4.69, 9.17) is 5.73 Å². The summed E-state index contributed by atoms with van der Waals surface area (Å²) in [5, 5.41) is 6.56. The molecule has 1 saturated heterocycles. The van der Waals surface area contributed by atoms with Gasteiger partial charge in [0.05, 0.1) is 12.6 Å². The van der Waals surface area contributed by atoms with Crippen LogP contribution in [-0.2, 0) is 19.2 Å². The van der Waals surface area contributed by atoms with Crippen LogP contribution in [0.1, 0.15) is 92.9 Å². The molecule has 236 valence electrons. The number of primary amides is 1. The number of hydrogen-bond acceptors (Lipinski definition) is 5. The molecule has 3 unspecified atom stereocenters. The number of alkyl halides is 3. The molecule has 5 amide bonds. The third-order valence-electron chi connectivity index (χ3n) is 7.00. The fraction of sp³-hybridized carbons (Fsp3) is 0.821. The SMILES string of the molecule is CC(C)C.CC1CCN(C(=O)CNC(=O)NC2(C(F)(F)F)CC2)C1C(=O)NC(CC1CCC1)C(=O)C(N)=O.CCC. The van der Waals surface area contributed by atoms with Crippen LogP contribution in [0.2, 0.25) is 0 Å². The third kappa shape index (κ3) is 11.1. The molecule has 3 atom stereocenters. The lowest BCUT2D eigenvalue weighted by molar-refractivity contribution is -0.162. The minimum absolute atomic E-state index is 0.196. The number of ketones is 1. The Morgan fingerprint density at radius 1 is 1.02 bits per heavy atom. The van der Waals surface area contributed by atoms with Crippen LogP contribution in [-0.4, -0.2) is 71.3 Å². The van der Waals surface area contributed by atoms with E-state index < -0.39 is 59.9 Å². The van der Waals surface area contributed by atoms with Gasteiger partial charge in [-0.3, -0.25) is 19.2 Å². The number of likely N-dealkylation sites (tertiary alicyclic amines) is 1. The summed E-state index contributed by atoms with van der Waals surface area (Å²) in [4.78, 5) is 62.5. The summed E-state index contributed by atoms with van der Waals surface area (Å²) in [6, 6.07) is -3.16. The Morgan fingerprint density at radius 2 is 1.56 bits per heavy atom. The first kappa shape index (κ1) is 36.2. The maximum atomic E-state index is 13.0. The lowest BCUT2D eigenvalue weighted by Crippen LogP contribution is -2.56. The zero-order valence-corrected chi connectivity index (χ0v) is 25.2. The van der Waals surface area contributed by atoms with Gasteiger partial charge in [-0.15, -0.1) is 0 Å². The van der Waals surface area contributed by atoms with E-state index >= 15 is 0 Å². The molecular formula is C28H48F3N5O5. The average Bonchev–Trinajstić information content (AvgIpc) is 3.52. The highest BCUT2D eigenvalue weighted by Gasteiger charge is 2.64. The molecule has 1 aliphatic heterocycles. The van der Waals surface area contributed by atoms with Gasteiger partial charge >= 0.3 is 12.2 Å². The standard InChI is InChI=1S/C21H30F3N5O5.C4H10.C3H8/c1-11-5-8-29(14(30)10-26-19(34)28-20(6-7-20)21(22,23)24)15(11)18(33)27-13(16(31)17(25)32)9-12-3-2-4-12;1-4(2)3;1-3-2/h11-13,15H,2-10H2,1H3,(H2,25,32)(H,27,33)(H2,26,28,34);4H,1-3H3;3H2,1-2H3. The lowest BCUT2D eigenvalue weighted by Gasteiger charge is -2.31. The monoisotopic (exact) mass is 591 g/mol. The molecule has 3 fully saturated rings. The molecule has 3 aliphatic rings. The number of nitrogens with one attached hydrogen (secondary N) is 3. The number of carbonyl (C=O) groups is 5. The van der Waals surface area contributed by atoms with Gasteiger partial charge in [0.25, 0.3) is 5.91 Å². The van der Waals surface area contributed by atoms with Crippen molar-refractivity contribution in [2.24, 2.45) is 23.5 Å². The van der Waals surface area contributed by atoms with Crippen LogP contribution in [0.4, 0.5) is 18.0 Å². The van der Waals surface area contributed by atoms with Crippen molar-refractivity contribution >= 4 is 29.5 Å². The second-order valence-corrected chi connectivity index (χ2v) is 11.9. The zero-order valence-electron chi connectivity index (χ0n) is 25.2. The lowest BCUT2D eigenvalue weighted by atomic mass is 9.80. The maximum absolute atomic E-state index is 13.0. The Morgan fingerprint density at radius 3 is 1.98 bits per heavy atom. The molecule has 1 heterocycles. The van der Waals surface area contributed by atoms with E-state index in [1.54, 1.807) is 6.92 Å². The van der Waals surface area contributed by atoms with Gasteiger partial charge in [0, 0.05) is 6.54 Å². The fourth-order valence-corrected chi connectivity index (χ4v) is 4.47. The fourth-order valence-electron chi connectivity index (χ4n) is 4.47. The molecule has 0 aromatic heterocycles. The van der Waals surface area contributed by atoms with E-state index in [2.05, 4.69) is 45.3 Å². The summed E-state index contributed by atoms with van der Waals surface area (Å²) < 4.78 is 39.0. The van der Waals surface area contributed by atoms with E-state index in [-0.39, 0.29) is 37.6 Å². The minimum Gasteiger partial charge on any atom is -0.363 e. The zero-order chi connectivity index (χ0) is 31.5. The molecule has 2 saturated carbocycles. The summed E-state index contributed by atoms with van der Waals surface area (Å²) >= 11 is 0. The number of nitrogens with two attached hydrogens (primary N) is 1. The molecule has 0 spiro atoms. The number of Topliss-reactive ketones (excluding diaryl/α,β-unsaturated/α-hetero) is 1. The number of halogens is 3. The van der Waals surface area contributed by atoms with Gasteiger partial charge in [0.15, 0.2) is 0 Å². The Balaban J connectivity index is 0.00000108. The van der Waals surface area contributed by atoms with Crippen molar-refractivity contribution < 1.29 is 37.1 Å². The van der Waals surface area contributed by atoms with Gasteiger partial charge in [-0.1, -0.05) is 67.2 Å². The number of hydrogen-bond donors (Lipinski definition) is 4. The topological polar surface area (TPSA) is 151 Å². The highest BCUT2D eigenvalue weighted by molar-refractivity contribution is 6.37. The average molecular weight is 592 g/mol. The number of carbonyl (C=O) groups excluding carboxylic acids is 5. The minimum atomic E-state index is -4.58. The number of amides is 5. The molecular weight excluding hydrogens is 543 g/mol. The van der Waals surface area contributed by atoms with Crippen molar-refractivity contribution in [3.63, 3.8) is 0 Å². The van der Waals surface area contributed by atoms with Crippen molar-refractivity contribution in [3.8, 4) is 0 Å². The quantitative estimate of drug-likeness (QED) is 0.303. The van der Waals surface area contributed by atoms with Crippen LogP contribution in [0.25, 0.3) is 0 Å². The Labute approximate surface area is 241 Å². The largest absolute Gasteiger partial charge is 0.411 e. The van der Waals surface area contributed by atoms with Crippen molar-refractivity contribution in [1.82, 2.24) is 20.9 Å². The molecule has 2 aliphatic carbocycles. The van der Waals surface area contributed by atoms with E-state index in [0.717, 1.165) is 25.2 Å². The van der Waals surface area contributed by atoms with Gasteiger partial charge in [0.2, 0.25) is 17.6 Å². The Kier molecular flexibility index (Phi) is 14.1. The molecule has 3 rings (SSSR count). The maximum Gasteiger partial charge on any atom is 0.411 e. The van der Waals surface area contributed by atoms with Crippen molar-refractivity contribution in [1.29, 1.82) is 0 Å². The van der Waals surface area contributed by atoms with Crippen LogP contribution in [0, 0.1) is 17.8 Å². The predicted octanol–water partition coefficient (Wildman–Crippen LogP) is 3.43. The first-order valence-corrected chi connectivity index (χ1v) is 14.6. The van der Waals surface area contributed by atoms with Crippen molar-refractivity contribution in [2.75, 3.05) is 13.1 Å². The number of rotatable bonds is 9. The van der Waals surface area contributed by atoms with Gasteiger partial charge in [0.1, 0.15) is 11.6 Å². The van der Waals surface area contributed by atoms with E-state index in [9.17, 15) is 37.1 Å². The summed E-state index contributed by atoms with van der Waals surface area (Å²) in [6.45, 7) is 12.1. The van der Waals surface area contributed by atoms with E-state index in [1.807, 2.05) is 5.32 Å². The Bertz CT molecular complexity index is 917. The summed E-state index contributed by atoms with van der Waals surface area (Å²) in [5.74, 6) is -2.56. The molecule has 41 heavy (non-hydrogen) atoms. The third-order valence-corrected chi connectivity index (χ3v) is 7.00. The van der Waals surface area contributed by atoms with Crippen LogP contribution < -0.4 is 21.7 Å². The first-order chi connectivity index (χ1) is 19.0. The molecule has 5 N–H and O–H groups in total. The van der Waals surface area contributed by atoms with Crippen LogP contribution in [0.15, 0.2) is 0 Å². The highest BCUT2D eigenvalue weighted by Crippen LogP contribution is 2.48. The Hall–Kier alpha value is -2.86. The van der Waals surface area contributed by atoms with Crippen molar-refractivity contribution in [2.45, 2.75) is 117 Å². The number of nitrogens with zero attached hydrogens (tertiary/aromatic N) is 1. The smallest absolute Gasteiger partial charge is 0.363 e. The molecule has 0 aromatic rings. The highest BCUT2D eigenvalue weighted by atomic mass is 19.4. The van der Waals surface area contributed by atoms with Crippen molar-refractivity contribution in [3.05, 3.63) is 0 Å². The van der Waals surface area contributed by atoms with Crippen LogP contribution in [0.3, 0.4) is 0 Å². The molecule has 0 bridgehead atoms. The van der Waals surface area contributed by atoms with Crippen LogP contribution >= 0.6 is 0 Å². The van der Waals surface area contributed by atoms with Gasteiger partial charge in [-0.2, -0.15) is 13.2 Å². The second kappa shape index (κ2) is 16.0. The van der Waals surface area contributed by atoms with Gasteiger partial charge in [-0.25, -0.2) is 4.79 Å². The summed E-state index contributed by atoms with van der Waals surface area (Å²) in [6.07, 6.45) is -0.261. The molecule has 13 heteroatoms. The molecule has 0 aromatic carbocycles.